The molecule has 2 aromatic rings. The third kappa shape index (κ3) is 3.08. The van der Waals surface area contributed by atoms with Gasteiger partial charge < -0.3 is 5.11 Å². The molecule has 0 radical (unpaired) electrons. The predicted octanol–water partition coefficient (Wildman–Crippen LogP) is 3.15. The number of benzene rings is 1. The molecule has 0 fully saturated rings. The highest BCUT2D eigenvalue weighted by atomic mass is 16.4. The number of carboxylic acids is 1. The maximum Gasteiger partial charge on any atom is 0.335 e. The summed E-state index contributed by atoms with van der Waals surface area (Å²) in [5.41, 5.74) is 3.87. The molecule has 0 amide bonds. The van der Waals surface area contributed by atoms with E-state index in [4.69, 9.17) is 5.11 Å². The summed E-state index contributed by atoms with van der Waals surface area (Å²) in [4.78, 5) is 15.6. The van der Waals surface area contributed by atoms with Crippen molar-refractivity contribution in [2.75, 3.05) is 7.05 Å². The van der Waals surface area contributed by atoms with Crippen molar-refractivity contribution in [2.24, 2.45) is 5.10 Å². The van der Waals surface area contributed by atoms with Gasteiger partial charge in [0.05, 0.1) is 11.1 Å². The van der Waals surface area contributed by atoms with E-state index in [0.29, 0.717) is 0 Å². The Bertz CT molecular complexity index is 751. The number of allylic oxidation sites excluding steroid dienone is 1. The number of pyridine rings is 1. The van der Waals surface area contributed by atoms with Crippen LogP contribution in [-0.4, -0.2) is 34.8 Å². The van der Waals surface area contributed by atoms with E-state index in [0.717, 1.165) is 27.7 Å². The lowest BCUT2D eigenvalue weighted by Gasteiger charge is -2.11. The number of carbonyl (C=O) groups is 1. The maximum absolute atomic E-state index is 11.1. The lowest BCUT2D eigenvalue weighted by molar-refractivity contribution is 0.0697. The van der Waals surface area contributed by atoms with E-state index in [9.17, 15) is 4.79 Å². The Kier molecular flexibility index (Phi) is 4.03. The summed E-state index contributed by atoms with van der Waals surface area (Å²) in [6.07, 6.45) is 1.85. The van der Waals surface area contributed by atoms with E-state index in [2.05, 4.69) is 16.8 Å². The van der Waals surface area contributed by atoms with Crippen molar-refractivity contribution >= 4 is 29.2 Å². The van der Waals surface area contributed by atoms with Gasteiger partial charge in [0.25, 0.3) is 0 Å². The largest absolute Gasteiger partial charge is 0.478 e. The third-order valence-electron chi connectivity index (χ3n) is 3.28. The average Bonchev–Trinajstić information content (AvgIpc) is 2.45. The molecule has 5 heteroatoms. The first-order valence-electron chi connectivity index (χ1n) is 6.45. The van der Waals surface area contributed by atoms with Crippen LogP contribution in [0.15, 0.2) is 35.6 Å². The molecule has 0 aliphatic rings. The minimum atomic E-state index is -0.943. The highest BCUT2D eigenvalue weighted by molar-refractivity contribution is 5.94. The zero-order valence-electron chi connectivity index (χ0n) is 12.3. The lowest BCUT2D eigenvalue weighted by Crippen LogP contribution is -2.02. The standard InChI is InChI=1S/C16H17N3O2/c1-10(9-19(4)17-3)14-8-13-7-12(16(20)21)5-6-15(13)18-11(14)2/h5-9H,3H2,1-2,4H3,(H,20,21)/b10-9+. The van der Waals surface area contributed by atoms with E-state index in [1.165, 1.54) is 0 Å². The smallest absolute Gasteiger partial charge is 0.335 e. The molecule has 0 saturated carbocycles. The Morgan fingerprint density at radius 1 is 1.43 bits per heavy atom. The number of hydrazone groups is 1. The summed E-state index contributed by atoms with van der Waals surface area (Å²) in [6.45, 7) is 7.35. The number of hydrogen-bond donors (Lipinski definition) is 1. The predicted molar refractivity (Wildman–Crippen MR) is 84.4 cm³/mol. The molecule has 1 N–H and O–H groups in total. The van der Waals surface area contributed by atoms with Crippen LogP contribution >= 0.6 is 0 Å². The Labute approximate surface area is 123 Å². The molecule has 0 atom stereocenters. The van der Waals surface area contributed by atoms with Gasteiger partial charge in [-0.1, -0.05) is 0 Å². The van der Waals surface area contributed by atoms with Gasteiger partial charge in [0.15, 0.2) is 0 Å². The van der Waals surface area contributed by atoms with Crippen molar-refractivity contribution in [3.63, 3.8) is 0 Å². The molecule has 21 heavy (non-hydrogen) atoms. The van der Waals surface area contributed by atoms with Crippen molar-refractivity contribution < 1.29 is 9.90 Å². The van der Waals surface area contributed by atoms with E-state index >= 15 is 0 Å². The minimum absolute atomic E-state index is 0.255. The summed E-state index contributed by atoms with van der Waals surface area (Å²) in [7, 11) is 1.79. The Hall–Kier alpha value is -2.69. The van der Waals surface area contributed by atoms with Crippen molar-refractivity contribution in [3.05, 3.63) is 47.3 Å². The van der Waals surface area contributed by atoms with Crippen molar-refractivity contribution in [2.45, 2.75) is 13.8 Å². The molecular weight excluding hydrogens is 266 g/mol. The summed E-state index contributed by atoms with van der Waals surface area (Å²) >= 11 is 0. The van der Waals surface area contributed by atoms with Gasteiger partial charge in [0, 0.05) is 36.6 Å². The van der Waals surface area contributed by atoms with Crippen LogP contribution in [0.25, 0.3) is 16.5 Å². The van der Waals surface area contributed by atoms with Crippen LogP contribution < -0.4 is 0 Å². The summed E-state index contributed by atoms with van der Waals surface area (Å²) in [5, 5.41) is 15.3. The molecular formula is C16H17N3O2. The van der Waals surface area contributed by atoms with Gasteiger partial charge in [-0.2, -0.15) is 5.10 Å². The average molecular weight is 283 g/mol. The third-order valence-corrected chi connectivity index (χ3v) is 3.28. The Balaban J connectivity index is 2.59. The molecule has 0 saturated heterocycles. The molecule has 0 unspecified atom stereocenters. The monoisotopic (exact) mass is 283 g/mol. The summed E-state index contributed by atoms with van der Waals surface area (Å²) in [5.74, 6) is -0.943. The van der Waals surface area contributed by atoms with E-state index in [-0.39, 0.29) is 5.56 Å². The number of rotatable bonds is 4. The fourth-order valence-corrected chi connectivity index (χ4v) is 2.20. The molecule has 1 heterocycles. The second-order valence-corrected chi connectivity index (χ2v) is 4.86. The van der Waals surface area contributed by atoms with Crippen LogP contribution in [0.2, 0.25) is 0 Å². The van der Waals surface area contributed by atoms with E-state index in [1.807, 2.05) is 26.1 Å². The normalized spacial score (nSPS) is 11.5. The van der Waals surface area contributed by atoms with Crippen molar-refractivity contribution in [1.82, 2.24) is 9.99 Å². The van der Waals surface area contributed by atoms with Crippen molar-refractivity contribution in [3.8, 4) is 0 Å². The number of aryl methyl sites for hydroxylation is 1. The molecule has 1 aromatic carbocycles. The first-order chi connectivity index (χ1) is 9.92. The molecule has 1 aromatic heterocycles. The van der Waals surface area contributed by atoms with Crippen LogP contribution in [0, 0.1) is 6.92 Å². The quantitative estimate of drug-likeness (QED) is 0.691. The minimum Gasteiger partial charge on any atom is -0.478 e. The maximum atomic E-state index is 11.1. The second-order valence-electron chi connectivity index (χ2n) is 4.86. The van der Waals surface area contributed by atoms with Gasteiger partial charge >= 0.3 is 5.97 Å². The number of aromatic nitrogens is 1. The van der Waals surface area contributed by atoms with Crippen LogP contribution in [-0.2, 0) is 0 Å². The fraction of sp³-hybridized carbons (Fsp3) is 0.188. The number of fused-ring (bicyclic) bond motifs is 1. The number of hydrogen-bond acceptors (Lipinski definition) is 4. The first kappa shape index (κ1) is 14.7. The van der Waals surface area contributed by atoms with Crippen LogP contribution in [0.3, 0.4) is 0 Å². The van der Waals surface area contributed by atoms with E-state index < -0.39 is 5.97 Å². The highest BCUT2D eigenvalue weighted by Gasteiger charge is 2.09. The van der Waals surface area contributed by atoms with Crippen LogP contribution in [0.1, 0.15) is 28.5 Å². The highest BCUT2D eigenvalue weighted by Crippen LogP contribution is 2.23. The number of nitrogens with zero attached hydrogens (tertiary/aromatic N) is 3. The van der Waals surface area contributed by atoms with Gasteiger partial charge in [-0.15, -0.1) is 0 Å². The van der Waals surface area contributed by atoms with Gasteiger partial charge in [-0.05, 0) is 43.7 Å². The molecule has 0 aliphatic carbocycles. The molecule has 0 spiro atoms. The molecule has 5 nitrogen and oxygen atoms in total. The van der Waals surface area contributed by atoms with E-state index in [1.54, 1.807) is 30.3 Å². The molecule has 108 valence electrons. The van der Waals surface area contributed by atoms with Gasteiger partial charge in [-0.25, -0.2) is 4.79 Å². The zero-order chi connectivity index (χ0) is 15.6. The molecule has 2 rings (SSSR count). The zero-order valence-corrected chi connectivity index (χ0v) is 12.3. The Morgan fingerprint density at radius 3 is 2.76 bits per heavy atom. The van der Waals surface area contributed by atoms with Gasteiger partial charge in [0.1, 0.15) is 0 Å². The second kappa shape index (κ2) is 5.75. The van der Waals surface area contributed by atoms with Crippen molar-refractivity contribution in [1.29, 1.82) is 0 Å². The summed E-state index contributed by atoms with van der Waals surface area (Å²) in [6, 6.07) is 6.88. The van der Waals surface area contributed by atoms with Gasteiger partial charge in [0.2, 0.25) is 0 Å². The topological polar surface area (TPSA) is 65.8 Å². The fourth-order valence-electron chi connectivity index (χ4n) is 2.20. The SMILES string of the molecule is C=NN(C)/C=C(\C)c1cc2cc(C(=O)O)ccc2nc1C. The first-order valence-corrected chi connectivity index (χ1v) is 6.45. The van der Waals surface area contributed by atoms with Gasteiger partial charge in [-0.3, -0.25) is 9.99 Å². The lowest BCUT2D eigenvalue weighted by atomic mass is 10.0. The number of carboxylic acid groups (broad SMARTS) is 1. The Morgan fingerprint density at radius 2 is 2.14 bits per heavy atom. The number of aromatic carboxylic acids is 1. The van der Waals surface area contributed by atoms with Crippen LogP contribution in [0.5, 0.6) is 0 Å². The molecule has 0 bridgehead atoms. The summed E-state index contributed by atoms with van der Waals surface area (Å²) < 4.78 is 0. The molecule has 0 aliphatic heterocycles. The van der Waals surface area contributed by atoms with Crippen LogP contribution in [0.4, 0.5) is 0 Å².